The van der Waals surface area contributed by atoms with E-state index in [4.69, 9.17) is 0 Å². The summed E-state index contributed by atoms with van der Waals surface area (Å²) in [5, 5.41) is 2.97. The Balaban J connectivity index is 1.51. The van der Waals surface area contributed by atoms with Crippen molar-refractivity contribution in [1.29, 1.82) is 0 Å². The molecule has 0 bridgehead atoms. The molecule has 0 atom stereocenters. The number of nitrogens with one attached hydrogen (secondary N) is 1. The van der Waals surface area contributed by atoms with Gasteiger partial charge in [0.2, 0.25) is 15.9 Å². The molecule has 1 fully saturated rings. The lowest BCUT2D eigenvalue weighted by Crippen LogP contribution is -2.35. The molecule has 0 saturated carbocycles. The van der Waals surface area contributed by atoms with Crippen LogP contribution in [0.5, 0.6) is 0 Å². The molecule has 0 unspecified atom stereocenters. The summed E-state index contributed by atoms with van der Waals surface area (Å²) in [6.07, 6.45) is 3.91. The zero-order valence-corrected chi connectivity index (χ0v) is 18.1. The summed E-state index contributed by atoms with van der Waals surface area (Å²) in [7, 11) is -3.40. The number of rotatable bonds is 7. The molecule has 1 amide bonds. The summed E-state index contributed by atoms with van der Waals surface area (Å²) < 4.78 is 27.0. The summed E-state index contributed by atoms with van der Waals surface area (Å²) in [6, 6.07) is 13.2. The summed E-state index contributed by atoms with van der Waals surface area (Å²) in [5.41, 5.74) is 4.47. The summed E-state index contributed by atoms with van der Waals surface area (Å²) in [5.74, 6) is -0.00464. The van der Waals surface area contributed by atoms with Gasteiger partial charge >= 0.3 is 0 Å². The Hall–Kier alpha value is -2.18. The lowest BCUT2D eigenvalue weighted by molar-refractivity contribution is -0.121. The third kappa shape index (κ3) is 5.67. The highest BCUT2D eigenvalue weighted by Gasteiger charge is 2.25. The molecule has 2 aromatic carbocycles. The van der Waals surface area contributed by atoms with E-state index in [1.165, 1.54) is 11.1 Å². The van der Waals surface area contributed by atoms with Gasteiger partial charge in [0.05, 0.1) is 4.90 Å². The quantitative estimate of drug-likeness (QED) is 0.751. The normalized spacial score (nSPS) is 15.2. The molecular weight excluding hydrogens is 384 g/mol. The zero-order chi connectivity index (χ0) is 20.9. The number of hydrogen-bond acceptors (Lipinski definition) is 3. The van der Waals surface area contributed by atoms with Crippen molar-refractivity contribution in [1.82, 2.24) is 9.62 Å². The minimum absolute atomic E-state index is 0.00464. The van der Waals surface area contributed by atoms with Crippen molar-refractivity contribution in [3.05, 3.63) is 64.7 Å². The molecule has 1 N–H and O–H groups in total. The predicted octanol–water partition coefficient (Wildman–Crippen LogP) is 3.73. The van der Waals surface area contributed by atoms with E-state index < -0.39 is 10.0 Å². The van der Waals surface area contributed by atoms with E-state index in [-0.39, 0.29) is 5.91 Å². The van der Waals surface area contributed by atoms with Crippen molar-refractivity contribution in [3.8, 4) is 0 Å². The van der Waals surface area contributed by atoms with Gasteiger partial charge in [0.1, 0.15) is 0 Å². The number of aryl methyl sites for hydroxylation is 3. The molecule has 1 saturated heterocycles. The molecule has 29 heavy (non-hydrogen) atoms. The highest BCUT2D eigenvalue weighted by atomic mass is 32.2. The smallest absolute Gasteiger partial charge is 0.243 e. The molecule has 0 radical (unpaired) electrons. The van der Waals surface area contributed by atoms with Gasteiger partial charge in [-0.05, 0) is 61.9 Å². The van der Waals surface area contributed by atoms with Gasteiger partial charge in [-0.3, -0.25) is 4.79 Å². The zero-order valence-electron chi connectivity index (χ0n) is 17.3. The van der Waals surface area contributed by atoms with Crippen molar-refractivity contribution in [2.45, 2.75) is 57.4 Å². The number of carbonyl (C=O) groups excluding carboxylic acids is 1. The Kier molecular flexibility index (Phi) is 7.09. The second kappa shape index (κ2) is 9.55. The number of benzene rings is 2. The maximum Gasteiger partial charge on any atom is 0.243 e. The van der Waals surface area contributed by atoms with E-state index in [0.29, 0.717) is 37.4 Å². The topological polar surface area (TPSA) is 66.5 Å². The number of piperidine rings is 1. The van der Waals surface area contributed by atoms with Crippen LogP contribution in [0.2, 0.25) is 0 Å². The molecular formula is C23H30N2O3S. The number of amides is 1. The van der Waals surface area contributed by atoms with E-state index in [2.05, 4.69) is 18.3 Å². The summed E-state index contributed by atoms with van der Waals surface area (Å²) in [6.45, 7) is 5.83. The van der Waals surface area contributed by atoms with Crippen LogP contribution < -0.4 is 5.32 Å². The van der Waals surface area contributed by atoms with Crippen molar-refractivity contribution in [2.24, 2.45) is 0 Å². The van der Waals surface area contributed by atoms with Gasteiger partial charge < -0.3 is 5.32 Å². The Morgan fingerprint density at radius 2 is 1.69 bits per heavy atom. The molecule has 1 heterocycles. The van der Waals surface area contributed by atoms with Crippen LogP contribution in [-0.4, -0.2) is 31.7 Å². The van der Waals surface area contributed by atoms with Crippen molar-refractivity contribution >= 4 is 15.9 Å². The predicted molar refractivity (Wildman–Crippen MR) is 115 cm³/mol. The minimum atomic E-state index is -3.40. The second-order valence-corrected chi connectivity index (χ2v) is 9.75. The molecule has 1 aliphatic heterocycles. The fraction of sp³-hybridized carbons (Fsp3) is 0.435. The Morgan fingerprint density at radius 3 is 2.34 bits per heavy atom. The average Bonchev–Trinajstić information content (AvgIpc) is 2.72. The Morgan fingerprint density at radius 1 is 1.00 bits per heavy atom. The van der Waals surface area contributed by atoms with Crippen molar-refractivity contribution < 1.29 is 13.2 Å². The Bertz CT molecular complexity index is 947. The highest BCUT2D eigenvalue weighted by molar-refractivity contribution is 7.89. The van der Waals surface area contributed by atoms with Crippen LogP contribution in [0, 0.1) is 13.8 Å². The SMILES string of the molecule is Cc1ccc(CNC(=O)CCc2ccc(S(=O)(=O)N3CCCCC3)cc2)c(C)c1. The molecule has 1 aliphatic rings. The maximum atomic E-state index is 12.7. The maximum absolute atomic E-state index is 12.7. The molecule has 6 heteroatoms. The standard InChI is InChI=1S/C23H30N2O3S/c1-18-6-10-21(19(2)16-18)17-24-23(26)13-9-20-7-11-22(12-8-20)29(27,28)25-14-4-3-5-15-25/h6-8,10-12,16H,3-5,9,13-15,17H2,1-2H3,(H,24,26). The second-order valence-electron chi connectivity index (χ2n) is 7.82. The summed E-state index contributed by atoms with van der Waals surface area (Å²) >= 11 is 0. The first kappa shape index (κ1) is 21.5. The average molecular weight is 415 g/mol. The lowest BCUT2D eigenvalue weighted by atomic mass is 10.1. The number of carbonyl (C=O) groups is 1. The number of hydrogen-bond donors (Lipinski definition) is 1. The van der Waals surface area contributed by atoms with Crippen LogP contribution in [0.15, 0.2) is 47.4 Å². The van der Waals surface area contributed by atoms with Gasteiger partial charge in [-0.2, -0.15) is 4.31 Å². The molecule has 5 nitrogen and oxygen atoms in total. The Labute approximate surface area is 174 Å². The molecule has 0 spiro atoms. The third-order valence-corrected chi connectivity index (χ3v) is 7.40. The van der Waals surface area contributed by atoms with Crippen LogP contribution in [0.4, 0.5) is 0 Å². The fourth-order valence-corrected chi connectivity index (χ4v) is 5.18. The van der Waals surface area contributed by atoms with Crippen LogP contribution >= 0.6 is 0 Å². The van der Waals surface area contributed by atoms with E-state index >= 15 is 0 Å². The minimum Gasteiger partial charge on any atom is -0.352 e. The van der Waals surface area contributed by atoms with Crippen LogP contribution in [0.25, 0.3) is 0 Å². The van der Waals surface area contributed by atoms with E-state index in [1.807, 2.05) is 31.2 Å². The van der Waals surface area contributed by atoms with Gasteiger partial charge in [0, 0.05) is 26.1 Å². The van der Waals surface area contributed by atoms with Gasteiger partial charge in [0.25, 0.3) is 0 Å². The van der Waals surface area contributed by atoms with Crippen LogP contribution in [-0.2, 0) is 27.8 Å². The fourth-order valence-electron chi connectivity index (χ4n) is 3.67. The van der Waals surface area contributed by atoms with Gasteiger partial charge in [-0.1, -0.05) is 42.3 Å². The summed E-state index contributed by atoms with van der Waals surface area (Å²) in [4.78, 5) is 12.5. The molecule has 0 aliphatic carbocycles. The van der Waals surface area contributed by atoms with Crippen LogP contribution in [0.3, 0.4) is 0 Å². The first-order chi connectivity index (χ1) is 13.9. The van der Waals surface area contributed by atoms with Gasteiger partial charge in [-0.15, -0.1) is 0 Å². The molecule has 0 aromatic heterocycles. The lowest BCUT2D eigenvalue weighted by Gasteiger charge is -2.25. The molecule has 2 aromatic rings. The first-order valence-corrected chi connectivity index (χ1v) is 11.7. The van der Waals surface area contributed by atoms with Gasteiger partial charge in [-0.25, -0.2) is 8.42 Å². The monoisotopic (exact) mass is 414 g/mol. The van der Waals surface area contributed by atoms with E-state index in [1.54, 1.807) is 16.4 Å². The number of sulfonamides is 1. The first-order valence-electron chi connectivity index (χ1n) is 10.3. The molecule has 156 valence electrons. The van der Waals surface area contributed by atoms with E-state index in [0.717, 1.165) is 30.4 Å². The van der Waals surface area contributed by atoms with Gasteiger partial charge in [0.15, 0.2) is 0 Å². The number of nitrogens with zero attached hydrogens (tertiary/aromatic N) is 1. The largest absolute Gasteiger partial charge is 0.352 e. The van der Waals surface area contributed by atoms with Crippen molar-refractivity contribution in [2.75, 3.05) is 13.1 Å². The van der Waals surface area contributed by atoms with E-state index in [9.17, 15) is 13.2 Å². The van der Waals surface area contributed by atoms with Crippen molar-refractivity contribution in [3.63, 3.8) is 0 Å². The highest BCUT2D eigenvalue weighted by Crippen LogP contribution is 2.21. The third-order valence-electron chi connectivity index (χ3n) is 5.49. The molecule has 3 rings (SSSR count). The van der Waals surface area contributed by atoms with Crippen LogP contribution in [0.1, 0.15) is 47.9 Å².